The standard InChI is InChI=1S/C20H23N3O3S/c1-3-5-11-17-22-23-18(24)12-15(21-20(23)27-17)13-26-19(25)16(4-2)14-9-7-6-8-10-14/h6-10,12,16H,3-5,11,13H2,1-2H3/t16-/m0/s1. The van der Waals surface area contributed by atoms with Gasteiger partial charge in [0.1, 0.15) is 11.6 Å². The summed E-state index contributed by atoms with van der Waals surface area (Å²) in [7, 11) is 0. The van der Waals surface area contributed by atoms with Crippen LogP contribution in [-0.4, -0.2) is 20.6 Å². The Morgan fingerprint density at radius 1 is 1.26 bits per heavy atom. The molecule has 27 heavy (non-hydrogen) atoms. The number of carbonyl (C=O) groups is 1. The van der Waals surface area contributed by atoms with E-state index in [0.29, 0.717) is 17.1 Å². The first kappa shape index (κ1) is 19.2. The zero-order valence-electron chi connectivity index (χ0n) is 15.6. The van der Waals surface area contributed by atoms with Crippen LogP contribution in [-0.2, 0) is 22.6 Å². The summed E-state index contributed by atoms with van der Waals surface area (Å²) in [6, 6.07) is 10.9. The molecule has 7 heteroatoms. The molecule has 0 fully saturated rings. The molecule has 0 N–H and O–H groups in total. The summed E-state index contributed by atoms with van der Waals surface area (Å²) in [5.41, 5.74) is 1.12. The van der Waals surface area contributed by atoms with E-state index in [-0.39, 0.29) is 24.1 Å². The highest BCUT2D eigenvalue weighted by atomic mass is 32.1. The van der Waals surface area contributed by atoms with Crippen LogP contribution in [0, 0.1) is 0 Å². The fourth-order valence-electron chi connectivity index (χ4n) is 2.87. The van der Waals surface area contributed by atoms with Crippen LogP contribution < -0.4 is 5.56 Å². The second-order valence-electron chi connectivity index (χ2n) is 6.36. The minimum absolute atomic E-state index is 0.0178. The van der Waals surface area contributed by atoms with Crippen molar-refractivity contribution < 1.29 is 9.53 Å². The van der Waals surface area contributed by atoms with E-state index in [4.69, 9.17) is 4.74 Å². The number of ether oxygens (including phenoxy) is 1. The third kappa shape index (κ3) is 4.60. The van der Waals surface area contributed by atoms with Crippen LogP contribution >= 0.6 is 11.3 Å². The lowest BCUT2D eigenvalue weighted by atomic mass is 9.97. The number of carbonyl (C=O) groups excluding carboxylic acids is 1. The predicted molar refractivity (Wildman–Crippen MR) is 105 cm³/mol. The van der Waals surface area contributed by atoms with E-state index < -0.39 is 0 Å². The molecule has 0 amide bonds. The van der Waals surface area contributed by atoms with Gasteiger partial charge in [0.2, 0.25) is 4.96 Å². The van der Waals surface area contributed by atoms with Gasteiger partial charge in [-0.15, -0.1) is 0 Å². The number of benzene rings is 1. The molecule has 0 aliphatic heterocycles. The van der Waals surface area contributed by atoms with Gasteiger partial charge < -0.3 is 4.74 Å². The molecule has 1 atom stereocenters. The molecule has 2 heterocycles. The Morgan fingerprint density at radius 2 is 2.04 bits per heavy atom. The molecule has 0 spiro atoms. The van der Waals surface area contributed by atoms with Gasteiger partial charge >= 0.3 is 5.97 Å². The summed E-state index contributed by atoms with van der Waals surface area (Å²) in [5, 5.41) is 5.21. The van der Waals surface area contributed by atoms with Gasteiger partial charge in [0.25, 0.3) is 5.56 Å². The van der Waals surface area contributed by atoms with Gasteiger partial charge in [-0.2, -0.15) is 9.61 Å². The first-order valence-electron chi connectivity index (χ1n) is 9.22. The third-order valence-corrected chi connectivity index (χ3v) is 5.31. The number of fused-ring (bicyclic) bond motifs is 1. The number of aryl methyl sites for hydroxylation is 1. The van der Waals surface area contributed by atoms with Crippen LogP contribution in [0.1, 0.15) is 55.3 Å². The number of aromatic nitrogens is 3. The molecular formula is C20H23N3O3S. The Bertz CT molecular complexity index is 966. The monoisotopic (exact) mass is 385 g/mol. The van der Waals surface area contributed by atoms with Gasteiger partial charge in [-0.3, -0.25) is 9.59 Å². The maximum Gasteiger partial charge on any atom is 0.313 e. The van der Waals surface area contributed by atoms with Crippen LogP contribution in [0.4, 0.5) is 0 Å². The minimum Gasteiger partial charge on any atom is -0.459 e. The van der Waals surface area contributed by atoms with Crippen molar-refractivity contribution in [2.24, 2.45) is 0 Å². The largest absolute Gasteiger partial charge is 0.459 e. The average molecular weight is 385 g/mol. The zero-order valence-corrected chi connectivity index (χ0v) is 16.4. The van der Waals surface area contributed by atoms with E-state index in [1.54, 1.807) is 0 Å². The molecule has 142 valence electrons. The van der Waals surface area contributed by atoms with Gasteiger partial charge in [-0.1, -0.05) is 61.9 Å². The number of hydrogen-bond acceptors (Lipinski definition) is 6. The lowest BCUT2D eigenvalue weighted by Gasteiger charge is -2.14. The van der Waals surface area contributed by atoms with E-state index in [0.717, 1.165) is 29.8 Å². The van der Waals surface area contributed by atoms with Gasteiger partial charge in [-0.25, -0.2) is 4.98 Å². The van der Waals surface area contributed by atoms with Crippen LogP contribution in [0.2, 0.25) is 0 Å². The lowest BCUT2D eigenvalue weighted by Crippen LogP contribution is -2.19. The second-order valence-corrected chi connectivity index (χ2v) is 7.40. The first-order chi connectivity index (χ1) is 13.1. The lowest BCUT2D eigenvalue weighted by molar-refractivity contribution is -0.147. The van der Waals surface area contributed by atoms with Gasteiger partial charge in [0.15, 0.2) is 0 Å². The Kier molecular flexibility index (Phi) is 6.34. The van der Waals surface area contributed by atoms with Crippen molar-refractivity contribution in [3.05, 3.63) is 63.0 Å². The Hall–Kier alpha value is -2.54. The van der Waals surface area contributed by atoms with Crippen LogP contribution in [0.25, 0.3) is 4.96 Å². The number of esters is 1. The molecule has 0 unspecified atom stereocenters. The predicted octanol–water partition coefficient (Wildman–Crippen LogP) is 3.73. The maximum absolute atomic E-state index is 12.5. The number of nitrogens with zero attached hydrogens (tertiary/aromatic N) is 3. The Morgan fingerprint density at radius 3 is 2.74 bits per heavy atom. The quantitative estimate of drug-likeness (QED) is 0.553. The van der Waals surface area contributed by atoms with Crippen LogP contribution in [0.15, 0.2) is 41.2 Å². The number of unbranched alkanes of at least 4 members (excludes halogenated alkanes) is 1. The number of hydrogen-bond donors (Lipinski definition) is 0. The Balaban J connectivity index is 1.72. The third-order valence-electron chi connectivity index (χ3n) is 4.34. The minimum atomic E-state index is -0.319. The molecule has 0 saturated heterocycles. The molecule has 0 aliphatic rings. The van der Waals surface area contributed by atoms with Crippen molar-refractivity contribution in [3.63, 3.8) is 0 Å². The fraction of sp³-hybridized carbons (Fsp3) is 0.400. The Labute approximate surface area is 161 Å². The molecule has 1 aromatic carbocycles. The van der Waals surface area contributed by atoms with E-state index in [9.17, 15) is 9.59 Å². The maximum atomic E-state index is 12.5. The van der Waals surface area contributed by atoms with Gasteiger partial charge in [-0.05, 0) is 18.4 Å². The van der Waals surface area contributed by atoms with E-state index in [1.807, 2.05) is 37.3 Å². The molecule has 3 rings (SSSR count). The fourth-order valence-corrected chi connectivity index (χ4v) is 3.83. The van der Waals surface area contributed by atoms with Gasteiger partial charge in [0.05, 0.1) is 11.6 Å². The molecule has 2 aromatic heterocycles. The highest BCUT2D eigenvalue weighted by molar-refractivity contribution is 7.16. The summed E-state index contributed by atoms with van der Waals surface area (Å²) < 4.78 is 6.77. The summed E-state index contributed by atoms with van der Waals surface area (Å²) in [4.78, 5) is 29.7. The van der Waals surface area contributed by atoms with Crippen molar-refractivity contribution in [2.75, 3.05) is 0 Å². The van der Waals surface area contributed by atoms with Crippen molar-refractivity contribution in [1.29, 1.82) is 0 Å². The summed E-state index contributed by atoms with van der Waals surface area (Å²) in [6.07, 6.45) is 3.58. The van der Waals surface area contributed by atoms with Gasteiger partial charge in [0, 0.05) is 12.5 Å². The second kappa shape index (κ2) is 8.90. The molecule has 0 saturated carbocycles. The number of rotatable bonds is 8. The molecule has 0 radical (unpaired) electrons. The summed E-state index contributed by atoms with van der Waals surface area (Å²) in [5.74, 6) is -0.626. The highest BCUT2D eigenvalue weighted by Gasteiger charge is 2.20. The molecular weight excluding hydrogens is 362 g/mol. The van der Waals surface area contributed by atoms with E-state index >= 15 is 0 Å². The van der Waals surface area contributed by atoms with E-state index in [2.05, 4.69) is 17.0 Å². The zero-order chi connectivity index (χ0) is 19.2. The van der Waals surface area contributed by atoms with Crippen LogP contribution in [0.5, 0.6) is 0 Å². The first-order valence-corrected chi connectivity index (χ1v) is 10.0. The van der Waals surface area contributed by atoms with E-state index in [1.165, 1.54) is 21.9 Å². The topological polar surface area (TPSA) is 73.6 Å². The van der Waals surface area contributed by atoms with Crippen molar-refractivity contribution in [1.82, 2.24) is 14.6 Å². The molecule has 6 nitrogen and oxygen atoms in total. The average Bonchev–Trinajstić information content (AvgIpc) is 3.10. The van der Waals surface area contributed by atoms with Crippen molar-refractivity contribution in [3.8, 4) is 0 Å². The smallest absolute Gasteiger partial charge is 0.313 e. The summed E-state index contributed by atoms with van der Waals surface area (Å²) >= 11 is 1.41. The van der Waals surface area contributed by atoms with Crippen molar-refractivity contribution >= 4 is 22.3 Å². The normalized spacial score (nSPS) is 12.2. The molecule has 0 aliphatic carbocycles. The highest BCUT2D eigenvalue weighted by Crippen LogP contribution is 2.21. The molecule has 0 bridgehead atoms. The SMILES string of the molecule is CCCCc1nn2c(=O)cc(COC(=O)[C@@H](CC)c3ccccc3)nc2s1. The molecule has 3 aromatic rings. The van der Waals surface area contributed by atoms with Crippen molar-refractivity contribution in [2.45, 2.75) is 52.1 Å². The summed E-state index contributed by atoms with van der Waals surface area (Å²) in [6.45, 7) is 4.05. The van der Waals surface area contributed by atoms with Crippen LogP contribution in [0.3, 0.4) is 0 Å².